The van der Waals surface area contributed by atoms with E-state index < -0.39 is 0 Å². The van der Waals surface area contributed by atoms with Crippen molar-refractivity contribution >= 4 is 17.3 Å². The lowest BCUT2D eigenvalue weighted by molar-refractivity contribution is 0.838. The van der Waals surface area contributed by atoms with Gasteiger partial charge in [0.1, 0.15) is 17.5 Å². The topological polar surface area (TPSA) is 73.6 Å². The van der Waals surface area contributed by atoms with E-state index in [-0.39, 0.29) is 0 Å². The Labute approximate surface area is 118 Å². The summed E-state index contributed by atoms with van der Waals surface area (Å²) in [5.74, 6) is 2.35. The molecule has 0 aliphatic carbocycles. The van der Waals surface area contributed by atoms with Crippen LogP contribution < -0.4 is 10.6 Å². The zero-order chi connectivity index (χ0) is 14.4. The largest absolute Gasteiger partial charge is 0.373 e. The number of hydrogen-bond donors (Lipinski definition) is 2. The highest BCUT2D eigenvalue weighted by Crippen LogP contribution is 2.18. The molecule has 1 aromatic carbocycles. The smallest absolute Gasteiger partial charge is 0.136 e. The van der Waals surface area contributed by atoms with E-state index in [0.29, 0.717) is 5.56 Å². The molecule has 5 nitrogen and oxygen atoms in total. The van der Waals surface area contributed by atoms with Crippen LogP contribution in [-0.4, -0.2) is 17.0 Å². The third kappa shape index (κ3) is 3.45. The van der Waals surface area contributed by atoms with E-state index in [2.05, 4.69) is 33.6 Å². The third-order valence-electron chi connectivity index (χ3n) is 2.79. The van der Waals surface area contributed by atoms with Gasteiger partial charge in [0, 0.05) is 25.2 Å². The highest BCUT2D eigenvalue weighted by atomic mass is 15.1. The molecule has 0 aliphatic heterocycles. The van der Waals surface area contributed by atoms with Crippen LogP contribution in [0.5, 0.6) is 0 Å². The fraction of sp³-hybridized carbons (Fsp3) is 0.267. The molecular weight excluding hydrogens is 250 g/mol. The lowest BCUT2D eigenvalue weighted by atomic mass is 10.2. The van der Waals surface area contributed by atoms with Gasteiger partial charge >= 0.3 is 0 Å². The second kappa shape index (κ2) is 6.53. The zero-order valence-corrected chi connectivity index (χ0v) is 11.6. The Morgan fingerprint density at radius 3 is 2.45 bits per heavy atom. The van der Waals surface area contributed by atoms with Crippen molar-refractivity contribution in [2.24, 2.45) is 0 Å². The second-order valence-electron chi connectivity index (χ2n) is 4.37. The van der Waals surface area contributed by atoms with Gasteiger partial charge in [0.15, 0.2) is 0 Å². The maximum atomic E-state index is 8.78. The van der Waals surface area contributed by atoms with Crippen molar-refractivity contribution in [1.82, 2.24) is 9.97 Å². The number of aryl methyl sites for hydroxylation is 1. The minimum atomic E-state index is 0.640. The average molecular weight is 267 g/mol. The summed E-state index contributed by atoms with van der Waals surface area (Å²) in [7, 11) is 1.84. The molecular formula is C15H17N5. The van der Waals surface area contributed by atoms with E-state index in [1.54, 1.807) is 12.1 Å². The molecule has 0 spiro atoms. The Balaban J connectivity index is 2.22. The molecule has 0 atom stereocenters. The molecule has 0 saturated heterocycles. The molecule has 2 rings (SSSR count). The summed E-state index contributed by atoms with van der Waals surface area (Å²) < 4.78 is 0. The summed E-state index contributed by atoms with van der Waals surface area (Å²) >= 11 is 0. The first-order valence-electron chi connectivity index (χ1n) is 6.58. The van der Waals surface area contributed by atoms with Gasteiger partial charge < -0.3 is 10.6 Å². The molecule has 2 aromatic rings. The molecule has 0 unspecified atom stereocenters. The van der Waals surface area contributed by atoms with Crippen molar-refractivity contribution in [3.05, 3.63) is 41.7 Å². The van der Waals surface area contributed by atoms with Gasteiger partial charge in [0.2, 0.25) is 0 Å². The number of nitrogens with zero attached hydrogens (tertiary/aromatic N) is 3. The molecule has 5 heteroatoms. The third-order valence-corrected chi connectivity index (χ3v) is 2.79. The van der Waals surface area contributed by atoms with Crippen molar-refractivity contribution in [3.8, 4) is 6.07 Å². The first-order chi connectivity index (χ1) is 9.75. The van der Waals surface area contributed by atoms with Gasteiger partial charge in [-0.1, -0.05) is 6.92 Å². The molecule has 1 heterocycles. The SMILES string of the molecule is CCCc1nc(NC)cc(Nc2ccc(C#N)cc2)n1. The minimum Gasteiger partial charge on any atom is -0.373 e. The number of hydrogen-bond acceptors (Lipinski definition) is 5. The van der Waals surface area contributed by atoms with Crippen LogP contribution in [-0.2, 0) is 6.42 Å². The zero-order valence-electron chi connectivity index (χ0n) is 11.6. The summed E-state index contributed by atoms with van der Waals surface area (Å²) in [6.45, 7) is 2.10. The monoisotopic (exact) mass is 267 g/mol. The summed E-state index contributed by atoms with van der Waals surface area (Å²) in [6, 6.07) is 11.2. The van der Waals surface area contributed by atoms with Gasteiger partial charge in [0.05, 0.1) is 11.6 Å². The van der Waals surface area contributed by atoms with E-state index in [1.165, 1.54) is 0 Å². The second-order valence-corrected chi connectivity index (χ2v) is 4.37. The fourth-order valence-electron chi connectivity index (χ4n) is 1.80. The van der Waals surface area contributed by atoms with Crippen LogP contribution in [0.1, 0.15) is 24.7 Å². The molecule has 0 bridgehead atoms. The molecule has 102 valence electrons. The lowest BCUT2D eigenvalue weighted by Gasteiger charge is -2.09. The Bertz CT molecular complexity index is 613. The number of nitrogens with one attached hydrogen (secondary N) is 2. The van der Waals surface area contributed by atoms with E-state index in [9.17, 15) is 0 Å². The molecule has 20 heavy (non-hydrogen) atoms. The van der Waals surface area contributed by atoms with Crippen LogP contribution in [0.3, 0.4) is 0 Å². The molecule has 1 aromatic heterocycles. The van der Waals surface area contributed by atoms with E-state index in [1.807, 2.05) is 25.2 Å². The van der Waals surface area contributed by atoms with E-state index in [0.717, 1.165) is 36.0 Å². The molecule has 2 N–H and O–H groups in total. The summed E-state index contributed by atoms with van der Waals surface area (Å²) in [6.07, 6.45) is 1.85. The maximum Gasteiger partial charge on any atom is 0.136 e. The fourth-order valence-corrected chi connectivity index (χ4v) is 1.80. The molecule has 0 fully saturated rings. The van der Waals surface area contributed by atoms with Crippen LogP contribution in [0.4, 0.5) is 17.3 Å². The molecule has 0 amide bonds. The predicted molar refractivity (Wildman–Crippen MR) is 80.0 cm³/mol. The Morgan fingerprint density at radius 2 is 1.85 bits per heavy atom. The first kappa shape index (κ1) is 13.8. The number of anilines is 3. The van der Waals surface area contributed by atoms with Crippen LogP contribution in [0, 0.1) is 11.3 Å². The lowest BCUT2D eigenvalue weighted by Crippen LogP contribution is -2.03. The molecule has 0 aliphatic rings. The Kier molecular flexibility index (Phi) is 4.51. The highest BCUT2D eigenvalue weighted by Gasteiger charge is 2.04. The first-order valence-corrected chi connectivity index (χ1v) is 6.58. The highest BCUT2D eigenvalue weighted by molar-refractivity contribution is 5.60. The Hall–Kier alpha value is -2.61. The van der Waals surface area contributed by atoms with Crippen LogP contribution in [0.25, 0.3) is 0 Å². The standard InChI is InChI=1S/C15H17N5/c1-3-4-13-19-14(17-2)9-15(20-13)18-12-7-5-11(10-16)6-8-12/h5-9H,3-4H2,1-2H3,(H2,17,18,19,20). The summed E-state index contributed by atoms with van der Waals surface area (Å²) in [4.78, 5) is 8.89. The van der Waals surface area contributed by atoms with Crippen LogP contribution in [0.2, 0.25) is 0 Å². The van der Waals surface area contributed by atoms with Gasteiger partial charge in [-0.05, 0) is 30.7 Å². The van der Waals surface area contributed by atoms with Crippen LogP contribution in [0.15, 0.2) is 30.3 Å². The number of rotatable bonds is 5. The average Bonchev–Trinajstić information content (AvgIpc) is 2.48. The van der Waals surface area contributed by atoms with Crippen molar-refractivity contribution in [2.75, 3.05) is 17.7 Å². The Morgan fingerprint density at radius 1 is 1.15 bits per heavy atom. The van der Waals surface area contributed by atoms with E-state index in [4.69, 9.17) is 5.26 Å². The number of benzene rings is 1. The van der Waals surface area contributed by atoms with Crippen molar-refractivity contribution in [2.45, 2.75) is 19.8 Å². The van der Waals surface area contributed by atoms with Crippen molar-refractivity contribution < 1.29 is 0 Å². The van der Waals surface area contributed by atoms with Gasteiger partial charge in [-0.2, -0.15) is 5.26 Å². The van der Waals surface area contributed by atoms with Crippen molar-refractivity contribution in [3.63, 3.8) is 0 Å². The molecule has 0 saturated carbocycles. The predicted octanol–water partition coefficient (Wildman–Crippen LogP) is 3.09. The van der Waals surface area contributed by atoms with Gasteiger partial charge in [-0.15, -0.1) is 0 Å². The number of nitriles is 1. The van der Waals surface area contributed by atoms with Crippen molar-refractivity contribution in [1.29, 1.82) is 5.26 Å². The van der Waals surface area contributed by atoms with Gasteiger partial charge in [-0.3, -0.25) is 0 Å². The summed E-state index contributed by atoms with van der Waals surface area (Å²) in [5.41, 5.74) is 1.54. The quantitative estimate of drug-likeness (QED) is 0.870. The minimum absolute atomic E-state index is 0.640. The maximum absolute atomic E-state index is 8.78. The summed E-state index contributed by atoms with van der Waals surface area (Å²) in [5, 5.41) is 15.0. The van der Waals surface area contributed by atoms with Gasteiger partial charge in [0.25, 0.3) is 0 Å². The molecule has 0 radical (unpaired) electrons. The number of aromatic nitrogens is 2. The van der Waals surface area contributed by atoms with E-state index >= 15 is 0 Å². The van der Waals surface area contributed by atoms with Crippen LogP contribution >= 0.6 is 0 Å². The normalized spacial score (nSPS) is 9.85. The van der Waals surface area contributed by atoms with Gasteiger partial charge in [-0.25, -0.2) is 9.97 Å².